The van der Waals surface area contributed by atoms with Gasteiger partial charge in [-0.2, -0.15) is 0 Å². The van der Waals surface area contributed by atoms with Crippen molar-refractivity contribution in [2.45, 2.75) is 0 Å². The first-order valence-corrected chi connectivity index (χ1v) is 26.6. The van der Waals surface area contributed by atoms with Crippen molar-refractivity contribution in [1.29, 1.82) is 0 Å². The molecule has 0 saturated heterocycles. The van der Waals surface area contributed by atoms with E-state index in [1.807, 2.05) is 55.0 Å². The molecule has 0 unspecified atom stereocenters. The maximum atomic E-state index is 6.62. The minimum atomic E-state index is -0.278. The number of hydrogen-bond donors (Lipinski definition) is 0. The molecule has 9 heterocycles. The average molecular weight is 1010 g/mol. The quantitative estimate of drug-likeness (QED) is 0.154. The molecule has 10 heteroatoms. The van der Waals surface area contributed by atoms with Gasteiger partial charge in [0.25, 0.3) is 0 Å². The Bertz CT molecular complexity index is 5020. The number of hydrogen-bond acceptors (Lipinski definition) is 6. The number of benzene rings is 9. The van der Waals surface area contributed by atoms with Crippen molar-refractivity contribution in [3.63, 3.8) is 0 Å². The molecule has 0 saturated carbocycles. The number of nitrogens with zero attached hydrogens (tertiary/aromatic N) is 6. The molecule has 18 aromatic rings. The Kier molecular flexibility index (Phi) is 8.57. The molecule has 79 heavy (non-hydrogen) atoms. The molecule has 0 fully saturated rings. The fourth-order valence-electron chi connectivity index (χ4n) is 13.1. The molecular weight excluding hydrogens is 972 g/mol. The van der Waals surface area contributed by atoms with Crippen LogP contribution in [0.25, 0.3) is 149 Å². The van der Waals surface area contributed by atoms with E-state index in [1.165, 1.54) is 0 Å². The Morgan fingerprint density at radius 2 is 0.544 bits per heavy atom. The van der Waals surface area contributed by atoms with Crippen LogP contribution in [-0.2, 0) is 0 Å². The summed E-state index contributed by atoms with van der Waals surface area (Å²) >= 11 is 0. The molecule has 0 spiro atoms. The summed E-state index contributed by atoms with van der Waals surface area (Å²) in [5.74, 6) is 2.42. The topological polar surface area (TPSA) is 92.9 Å². The van der Waals surface area contributed by atoms with Crippen LogP contribution in [0.15, 0.2) is 250 Å². The second-order valence-electron chi connectivity index (χ2n) is 20.6. The Morgan fingerprint density at radius 3 is 0.848 bits per heavy atom. The predicted molar refractivity (Wildman–Crippen MR) is 322 cm³/mol. The zero-order valence-corrected chi connectivity index (χ0v) is 42.0. The molecule has 9 nitrogen and oxygen atoms in total. The van der Waals surface area contributed by atoms with Gasteiger partial charge in [0.05, 0.1) is 49.3 Å². The van der Waals surface area contributed by atoms with Crippen LogP contribution in [0.1, 0.15) is 0 Å². The average Bonchev–Trinajstić information content (AvgIpc) is 4.33. The zero-order chi connectivity index (χ0) is 51.4. The van der Waals surface area contributed by atoms with Gasteiger partial charge in [-0.15, -0.1) is 0 Å². The smallest absolute Gasteiger partial charge is 0.247 e. The van der Waals surface area contributed by atoms with Crippen LogP contribution in [-0.4, -0.2) is 35.4 Å². The number of furan rings is 3. The van der Waals surface area contributed by atoms with E-state index in [1.54, 1.807) is 0 Å². The van der Waals surface area contributed by atoms with Crippen molar-refractivity contribution in [2.24, 2.45) is 0 Å². The molecule has 0 N–H and O–H groups in total. The van der Waals surface area contributed by atoms with Crippen LogP contribution in [0.2, 0.25) is 0 Å². The van der Waals surface area contributed by atoms with E-state index < -0.39 is 0 Å². The van der Waals surface area contributed by atoms with E-state index in [0.717, 1.165) is 165 Å². The van der Waals surface area contributed by atoms with Gasteiger partial charge in [-0.3, -0.25) is 13.7 Å². The van der Waals surface area contributed by atoms with Crippen LogP contribution >= 0.6 is 0 Å². The number of aromatic nitrogens is 6. The van der Waals surface area contributed by atoms with E-state index in [4.69, 9.17) is 28.2 Å². The van der Waals surface area contributed by atoms with Gasteiger partial charge in [0.15, 0.2) is 0 Å². The van der Waals surface area contributed by atoms with Gasteiger partial charge in [0.2, 0.25) is 6.71 Å². The van der Waals surface area contributed by atoms with Gasteiger partial charge in [-0.1, -0.05) is 144 Å². The lowest BCUT2D eigenvalue weighted by atomic mass is 9.37. The summed E-state index contributed by atoms with van der Waals surface area (Å²) in [6.07, 6.45) is 6.04. The first-order chi connectivity index (χ1) is 39.2. The normalized spacial score (nSPS) is 12.3. The lowest BCUT2D eigenvalue weighted by Gasteiger charge is -2.17. The Morgan fingerprint density at radius 1 is 0.253 bits per heavy atom. The Labute approximate surface area is 448 Å². The maximum absolute atomic E-state index is 6.62. The highest BCUT2D eigenvalue weighted by atomic mass is 16.3. The summed E-state index contributed by atoms with van der Waals surface area (Å²) in [5.41, 5.74) is 14.5. The van der Waals surface area contributed by atoms with E-state index in [2.05, 4.69) is 196 Å². The monoisotopic (exact) mass is 1010 g/mol. The van der Waals surface area contributed by atoms with Crippen molar-refractivity contribution in [1.82, 2.24) is 28.7 Å². The maximum Gasteiger partial charge on any atom is 0.247 e. The number of para-hydroxylation sites is 6. The molecule has 0 radical (unpaired) electrons. The number of pyridine rings is 3. The second-order valence-corrected chi connectivity index (χ2v) is 20.6. The molecule has 366 valence electrons. The third kappa shape index (κ3) is 5.91. The fraction of sp³-hybridized carbons (Fsp3) is 0. The lowest BCUT2D eigenvalue weighted by molar-refractivity contribution is 0.672. The standard InChI is InChI=1S/C69H39BN6O3/c1-7-19-52-49(16-1)64-55(31-28-46-43-13-4-10-22-58(43)77-67(46)64)74(52)61-34-25-40(37-71-61)70(41-26-35-62(72-38-41)75-53-20-8-2-17-50(53)65-56(75)32-29-47-44-14-5-11-23-59(44)78-68(47)65)42-27-36-63(73-39-42)76-54-21-9-3-18-51(54)66-57(76)33-30-48-45-15-6-12-24-60(45)79-69(48)66/h1-39H. The van der Waals surface area contributed by atoms with Crippen molar-refractivity contribution in [3.05, 3.63) is 237 Å². The minimum absolute atomic E-state index is 0.278. The van der Waals surface area contributed by atoms with Crippen molar-refractivity contribution in [2.75, 3.05) is 0 Å². The zero-order valence-electron chi connectivity index (χ0n) is 42.0. The summed E-state index contributed by atoms with van der Waals surface area (Å²) in [4.78, 5) is 15.9. The first-order valence-electron chi connectivity index (χ1n) is 26.6. The Hall–Kier alpha value is -10.7. The molecule has 18 rings (SSSR count). The Balaban J connectivity index is 0.796. The van der Waals surface area contributed by atoms with E-state index >= 15 is 0 Å². The van der Waals surface area contributed by atoms with Gasteiger partial charge >= 0.3 is 0 Å². The van der Waals surface area contributed by atoms with Crippen LogP contribution in [0.3, 0.4) is 0 Å². The highest BCUT2D eigenvalue weighted by molar-refractivity contribution is 6.95. The van der Waals surface area contributed by atoms with Gasteiger partial charge in [-0.25, -0.2) is 15.0 Å². The molecule has 9 aromatic carbocycles. The van der Waals surface area contributed by atoms with Crippen LogP contribution < -0.4 is 16.4 Å². The molecule has 0 bridgehead atoms. The number of fused-ring (bicyclic) bond motifs is 21. The molecular formula is C69H39BN6O3. The third-order valence-corrected chi connectivity index (χ3v) is 16.5. The molecule has 0 amide bonds. The van der Waals surface area contributed by atoms with E-state index in [9.17, 15) is 0 Å². The molecule has 0 aliphatic carbocycles. The predicted octanol–water partition coefficient (Wildman–Crippen LogP) is 15.4. The summed E-state index contributed by atoms with van der Waals surface area (Å²) in [5, 5.41) is 13.1. The second kappa shape index (κ2) is 15.9. The van der Waals surface area contributed by atoms with Crippen LogP contribution in [0.4, 0.5) is 0 Å². The summed E-state index contributed by atoms with van der Waals surface area (Å²) in [6, 6.07) is 76.4. The SMILES string of the molecule is c1ccc2c(c1)oc1c2ccc2c1c1ccccc1n2-c1ccc(B(c2ccc(-n3c4ccccc4c4c5oc6ccccc6c5ccc43)nc2)c2ccc(-n3c4ccccc4c4c5oc6ccccc6c5ccc43)nc2)cn1. The van der Waals surface area contributed by atoms with Crippen molar-refractivity contribution >= 4 is 154 Å². The summed E-state index contributed by atoms with van der Waals surface area (Å²) in [7, 11) is 0. The molecule has 0 aliphatic heterocycles. The third-order valence-electron chi connectivity index (χ3n) is 16.5. The summed E-state index contributed by atoms with van der Waals surface area (Å²) < 4.78 is 26.6. The molecule has 0 atom stereocenters. The summed E-state index contributed by atoms with van der Waals surface area (Å²) in [6.45, 7) is -0.278. The number of rotatable bonds is 6. The largest absolute Gasteiger partial charge is 0.455 e. The van der Waals surface area contributed by atoms with E-state index in [0.29, 0.717) is 0 Å². The lowest BCUT2D eigenvalue weighted by Crippen LogP contribution is -2.52. The first kappa shape index (κ1) is 42.5. The highest BCUT2D eigenvalue weighted by Crippen LogP contribution is 2.43. The van der Waals surface area contributed by atoms with E-state index in [-0.39, 0.29) is 6.71 Å². The minimum Gasteiger partial charge on any atom is -0.455 e. The molecule has 0 aliphatic rings. The van der Waals surface area contributed by atoms with Crippen molar-refractivity contribution in [3.8, 4) is 17.5 Å². The fourth-order valence-corrected chi connectivity index (χ4v) is 13.1. The molecule has 9 aromatic heterocycles. The van der Waals surface area contributed by atoms with Crippen molar-refractivity contribution < 1.29 is 13.3 Å². The van der Waals surface area contributed by atoms with Gasteiger partial charge < -0.3 is 13.3 Å². The van der Waals surface area contributed by atoms with Crippen LogP contribution in [0, 0.1) is 0 Å². The van der Waals surface area contributed by atoms with Gasteiger partial charge in [0, 0.05) is 67.1 Å². The highest BCUT2D eigenvalue weighted by Gasteiger charge is 2.27. The van der Waals surface area contributed by atoms with Gasteiger partial charge in [-0.05, 0) is 91.0 Å². The van der Waals surface area contributed by atoms with Crippen LogP contribution in [0.5, 0.6) is 0 Å². The van der Waals surface area contributed by atoms with Gasteiger partial charge in [0.1, 0.15) is 51.0 Å².